The van der Waals surface area contributed by atoms with Gasteiger partial charge in [-0.1, -0.05) is 0 Å². The predicted molar refractivity (Wildman–Crippen MR) is 84.3 cm³/mol. The van der Waals surface area contributed by atoms with E-state index in [9.17, 15) is 4.79 Å². The lowest BCUT2D eigenvalue weighted by molar-refractivity contribution is -0.126. The third-order valence-corrected chi connectivity index (χ3v) is 4.46. The first kappa shape index (κ1) is 16.7. The normalized spacial score (nSPS) is 25.2. The van der Waals surface area contributed by atoms with Crippen LogP contribution in [0.1, 0.15) is 39.5 Å². The predicted octanol–water partition coefficient (Wildman–Crippen LogP) is 0.992. The van der Waals surface area contributed by atoms with Crippen molar-refractivity contribution in [2.75, 3.05) is 39.3 Å². The summed E-state index contributed by atoms with van der Waals surface area (Å²) in [5.41, 5.74) is 0. The fourth-order valence-electron chi connectivity index (χ4n) is 3.11. The lowest BCUT2D eigenvalue weighted by Gasteiger charge is -2.33. The highest BCUT2D eigenvalue weighted by atomic mass is 16.5. The van der Waals surface area contributed by atoms with Crippen molar-refractivity contribution in [1.82, 2.24) is 15.5 Å². The van der Waals surface area contributed by atoms with Crippen LogP contribution in [-0.2, 0) is 9.53 Å². The summed E-state index contributed by atoms with van der Waals surface area (Å²) >= 11 is 0. The van der Waals surface area contributed by atoms with Gasteiger partial charge in [0.05, 0.1) is 18.6 Å². The van der Waals surface area contributed by atoms with Crippen LogP contribution in [0.4, 0.5) is 0 Å². The number of nitrogens with zero attached hydrogens (tertiary/aromatic N) is 1. The van der Waals surface area contributed by atoms with E-state index in [0.29, 0.717) is 12.1 Å². The topological polar surface area (TPSA) is 53.6 Å². The summed E-state index contributed by atoms with van der Waals surface area (Å²) in [4.78, 5) is 14.6. The second-order valence-corrected chi connectivity index (χ2v) is 6.59. The highest BCUT2D eigenvalue weighted by Crippen LogP contribution is 2.14. The molecule has 2 saturated heterocycles. The fourth-order valence-corrected chi connectivity index (χ4v) is 3.11. The smallest absolute Gasteiger partial charge is 0.224 e. The van der Waals surface area contributed by atoms with Gasteiger partial charge in [0.2, 0.25) is 5.91 Å². The molecule has 2 fully saturated rings. The van der Waals surface area contributed by atoms with Crippen LogP contribution in [0.15, 0.2) is 0 Å². The minimum Gasteiger partial charge on any atom is -0.377 e. The number of hydrogen-bond donors (Lipinski definition) is 2. The van der Waals surface area contributed by atoms with Crippen LogP contribution in [0.25, 0.3) is 0 Å². The Morgan fingerprint density at radius 3 is 2.71 bits per heavy atom. The molecule has 0 spiro atoms. The van der Waals surface area contributed by atoms with Gasteiger partial charge in [-0.25, -0.2) is 0 Å². The zero-order chi connectivity index (χ0) is 15.1. The minimum atomic E-state index is 0.177. The number of carbonyl (C=O) groups excluding carboxylic acids is 1. The van der Waals surface area contributed by atoms with Gasteiger partial charge in [-0.3, -0.25) is 4.79 Å². The zero-order valence-corrected chi connectivity index (χ0v) is 13.6. The van der Waals surface area contributed by atoms with Gasteiger partial charge in [0.1, 0.15) is 0 Å². The maximum Gasteiger partial charge on any atom is 0.224 e. The first-order valence-corrected chi connectivity index (χ1v) is 8.50. The van der Waals surface area contributed by atoms with Gasteiger partial charge in [-0.2, -0.15) is 0 Å². The molecule has 0 bridgehead atoms. The van der Waals surface area contributed by atoms with Crippen LogP contribution < -0.4 is 10.6 Å². The van der Waals surface area contributed by atoms with Crippen molar-refractivity contribution in [3.05, 3.63) is 0 Å². The molecule has 5 nitrogen and oxygen atoms in total. The molecule has 122 valence electrons. The Labute approximate surface area is 128 Å². The zero-order valence-electron chi connectivity index (χ0n) is 13.6. The lowest BCUT2D eigenvalue weighted by Crippen LogP contribution is -2.49. The van der Waals surface area contributed by atoms with Crippen molar-refractivity contribution in [3.8, 4) is 0 Å². The number of piperidine rings is 2. The largest absolute Gasteiger partial charge is 0.377 e. The second kappa shape index (κ2) is 8.71. The number of rotatable bonds is 6. The van der Waals surface area contributed by atoms with Crippen LogP contribution in [0.2, 0.25) is 0 Å². The SMILES string of the molecule is CC(C)OCCN1CCC(NC(=O)C2CCCNC2)CC1. The molecular formula is C16H31N3O2. The third kappa shape index (κ3) is 5.93. The van der Waals surface area contributed by atoms with Crippen molar-refractivity contribution in [2.45, 2.75) is 51.7 Å². The Kier molecular flexibility index (Phi) is 6.93. The quantitative estimate of drug-likeness (QED) is 0.768. The van der Waals surface area contributed by atoms with E-state index < -0.39 is 0 Å². The number of carbonyl (C=O) groups is 1. The molecule has 2 aliphatic heterocycles. The summed E-state index contributed by atoms with van der Waals surface area (Å²) < 4.78 is 5.60. The van der Waals surface area contributed by atoms with E-state index >= 15 is 0 Å². The molecule has 2 aliphatic rings. The number of ether oxygens (including phenoxy) is 1. The number of nitrogens with one attached hydrogen (secondary N) is 2. The van der Waals surface area contributed by atoms with Gasteiger partial charge in [-0.15, -0.1) is 0 Å². The summed E-state index contributed by atoms with van der Waals surface area (Å²) in [5, 5.41) is 6.56. The Bertz CT molecular complexity index is 309. The van der Waals surface area contributed by atoms with E-state index in [4.69, 9.17) is 4.74 Å². The summed E-state index contributed by atoms with van der Waals surface area (Å²) in [6, 6.07) is 0.363. The van der Waals surface area contributed by atoms with Crippen LogP contribution in [-0.4, -0.2) is 62.3 Å². The van der Waals surface area contributed by atoms with Crippen molar-refractivity contribution in [2.24, 2.45) is 5.92 Å². The molecular weight excluding hydrogens is 266 g/mol. The Morgan fingerprint density at radius 2 is 2.10 bits per heavy atom. The average molecular weight is 297 g/mol. The summed E-state index contributed by atoms with van der Waals surface area (Å²) in [5.74, 6) is 0.431. The lowest BCUT2D eigenvalue weighted by atomic mass is 9.97. The van der Waals surface area contributed by atoms with Crippen molar-refractivity contribution in [1.29, 1.82) is 0 Å². The maximum absolute atomic E-state index is 12.2. The Hall–Kier alpha value is -0.650. The number of amides is 1. The molecule has 0 aromatic rings. The monoisotopic (exact) mass is 297 g/mol. The first-order valence-electron chi connectivity index (χ1n) is 8.50. The van der Waals surface area contributed by atoms with E-state index in [-0.39, 0.29) is 11.8 Å². The molecule has 21 heavy (non-hydrogen) atoms. The van der Waals surface area contributed by atoms with Crippen molar-refractivity contribution >= 4 is 5.91 Å². The molecule has 1 unspecified atom stereocenters. The summed E-state index contributed by atoms with van der Waals surface area (Å²) in [7, 11) is 0. The van der Waals surface area contributed by atoms with E-state index in [2.05, 4.69) is 29.4 Å². The van der Waals surface area contributed by atoms with E-state index in [0.717, 1.165) is 65.0 Å². The first-order chi connectivity index (χ1) is 10.1. The molecule has 0 radical (unpaired) electrons. The van der Waals surface area contributed by atoms with Gasteiger partial charge in [0.15, 0.2) is 0 Å². The minimum absolute atomic E-state index is 0.177. The van der Waals surface area contributed by atoms with Gasteiger partial charge in [0.25, 0.3) is 0 Å². The number of likely N-dealkylation sites (tertiary alicyclic amines) is 1. The molecule has 0 aromatic carbocycles. The molecule has 0 aromatic heterocycles. The van der Waals surface area contributed by atoms with E-state index in [1.807, 2.05) is 0 Å². The maximum atomic E-state index is 12.2. The highest BCUT2D eigenvalue weighted by molar-refractivity contribution is 5.79. The molecule has 2 rings (SSSR count). The molecule has 1 atom stereocenters. The average Bonchev–Trinajstić information content (AvgIpc) is 2.49. The van der Waals surface area contributed by atoms with E-state index in [1.165, 1.54) is 0 Å². The van der Waals surface area contributed by atoms with Crippen LogP contribution in [0, 0.1) is 5.92 Å². The van der Waals surface area contributed by atoms with Crippen molar-refractivity contribution < 1.29 is 9.53 Å². The van der Waals surface area contributed by atoms with Crippen molar-refractivity contribution in [3.63, 3.8) is 0 Å². The van der Waals surface area contributed by atoms with Gasteiger partial charge in [-0.05, 0) is 46.1 Å². The molecule has 0 saturated carbocycles. The van der Waals surface area contributed by atoms with Crippen LogP contribution >= 0.6 is 0 Å². The molecule has 2 N–H and O–H groups in total. The van der Waals surface area contributed by atoms with Crippen LogP contribution in [0.3, 0.4) is 0 Å². The molecule has 2 heterocycles. The standard InChI is InChI=1S/C16H31N3O2/c1-13(2)21-11-10-19-8-5-15(6-9-19)18-16(20)14-4-3-7-17-12-14/h13-15,17H,3-12H2,1-2H3,(H,18,20). The van der Waals surface area contributed by atoms with Gasteiger partial charge in [0, 0.05) is 32.2 Å². The Morgan fingerprint density at radius 1 is 1.33 bits per heavy atom. The molecule has 5 heteroatoms. The summed E-state index contributed by atoms with van der Waals surface area (Å²) in [6.07, 6.45) is 4.59. The Balaban J connectivity index is 1.61. The molecule has 0 aliphatic carbocycles. The van der Waals surface area contributed by atoms with E-state index in [1.54, 1.807) is 0 Å². The molecule has 1 amide bonds. The third-order valence-electron chi connectivity index (χ3n) is 4.46. The van der Waals surface area contributed by atoms with Gasteiger partial charge < -0.3 is 20.3 Å². The second-order valence-electron chi connectivity index (χ2n) is 6.59. The van der Waals surface area contributed by atoms with Gasteiger partial charge >= 0.3 is 0 Å². The van der Waals surface area contributed by atoms with Crippen LogP contribution in [0.5, 0.6) is 0 Å². The fraction of sp³-hybridized carbons (Fsp3) is 0.938. The summed E-state index contributed by atoms with van der Waals surface area (Å²) in [6.45, 7) is 9.99. The highest BCUT2D eigenvalue weighted by Gasteiger charge is 2.25. The number of hydrogen-bond acceptors (Lipinski definition) is 4.